The number of fused-ring (bicyclic) bond motifs is 1. The Labute approximate surface area is 82.1 Å². The SMILES string of the molecule is [C-]#[N+]Cc1c(OC)ccc2[nH]ccc12. The molecule has 2 rings (SSSR count). The molecule has 0 saturated heterocycles. The molecule has 0 unspecified atom stereocenters. The summed E-state index contributed by atoms with van der Waals surface area (Å²) in [5.74, 6) is 0.785. The predicted molar refractivity (Wildman–Crippen MR) is 55.2 cm³/mol. The summed E-state index contributed by atoms with van der Waals surface area (Å²) >= 11 is 0. The van der Waals surface area contributed by atoms with Gasteiger partial charge in [-0.25, -0.2) is 6.57 Å². The van der Waals surface area contributed by atoms with Crippen LogP contribution >= 0.6 is 0 Å². The maximum atomic E-state index is 6.90. The Balaban J connectivity index is 2.70. The summed E-state index contributed by atoms with van der Waals surface area (Å²) in [7, 11) is 1.63. The molecular formula is C11H10N2O. The molecule has 0 atom stereocenters. The second-order valence-corrected chi connectivity index (χ2v) is 3.00. The van der Waals surface area contributed by atoms with Gasteiger partial charge >= 0.3 is 0 Å². The van der Waals surface area contributed by atoms with E-state index in [-0.39, 0.29) is 0 Å². The molecule has 2 aromatic rings. The Morgan fingerprint density at radius 1 is 1.43 bits per heavy atom. The van der Waals surface area contributed by atoms with Crippen molar-refractivity contribution in [2.24, 2.45) is 0 Å². The molecule has 3 heteroatoms. The third-order valence-corrected chi connectivity index (χ3v) is 2.26. The van der Waals surface area contributed by atoms with E-state index in [9.17, 15) is 0 Å². The normalized spacial score (nSPS) is 10.0. The number of nitrogens with one attached hydrogen (secondary N) is 1. The monoisotopic (exact) mass is 186 g/mol. The highest BCUT2D eigenvalue weighted by Crippen LogP contribution is 2.27. The van der Waals surface area contributed by atoms with Gasteiger partial charge in [0.05, 0.1) is 12.7 Å². The Kier molecular flexibility index (Phi) is 2.11. The summed E-state index contributed by atoms with van der Waals surface area (Å²) in [5.41, 5.74) is 2.01. The average molecular weight is 186 g/mol. The van der Waals surface area contributed by atoms with Gasteiger partial charge in [0.15, 0.2) is 0 Å². The lowest BCUT2D eigenvalue weighted by atomic mass is 10.1. The van der Waals surface area contributed by atoms with Gasteiger partial charge in [-0.3, -0.25) is 0 Å². The van der Waals surface area contributed by atoms with E-state index < -0.39 is 0 Å². The maximum Gasteiger partial charge on any atom is 0.244 e. The number of aromatic nitrogens is 1. The zero-order valence-electron chi connectivity index (χ0n) is 7.87. The number of rotatable bonds is 2. The summed E-state index contributed by atoms with van der Waals surface area (Å²) < 4.78 is 5.22. The number of aromatic amines is 1. The van der Waals surface area contributed by atoms with E-state index in [1.54, 1.807) is 7.11 Å². The van der Waals surface area contributed by atoms with Crippen molar-refractivity contribution in [3.63, 3.8) is 0 Å². The smallest absolute Gasteiger partial charge is 0.244 e. The molecule has 0 amide bonds. The van der Waals surface area contributed by atoms with E-state index in [1.807, 2.05) is 24.4 Å². The van der Waals surface area contributed by atoms with Crippen LogP contribution in [0.2, 0.25) is 0 Å². The lowest BCUT2D eigenvalue weighted by molar-refractivity contribution is 0.411. The molecule has 3 nitrogen and oxygen atoms in total. The first-order valence-corrected chi connectivity index (χ1v) is 4.33. The summed E-state index contributed by atoms with van der Waals surface area (Å²) in [6.45, 7) is 7.26. The van der Waals surface area contributed by atoms with Gasteiger partial charge in [0.1, 0.15) is 5.75 Å². The van der Waals surface area contributed by atoms with Crippen LogP contribution in [0.5, 0.6) is 5.75 Å². The number of hydrogen-bond donors (Lipinski definition) is 1. The minimum Gasteiger partial charge on any atom is -0.496 e. The molecule has 0 aliphatic heterocycles. The molecule has 1 heterocycles. The zero-order valence-corrected chi connectivity index (χ0v) is 7.87. The summed E-state index contributed by atoms with van der Waals surface area (Å²) in [5, 5.41) is 1.07. The van der Waals surface area contributed by atoms with Crippen molar-refractivity contribution in [2.45, 2.75) is 6.54 Å². The quantitative estimate of drug-likeness (QED) is 0.718. The third-order valence-electron chi connectivity index (χ3n) is 2.26. The van der Waals surface area contributed by atoms with E-state index >= 15 is 0 Å². The van der Waals surface area contributed by atoms with Gasteiger partial charge < -0.3 is 14.6 Å². The minimum absolute atomic E-state index is 0.359. The number of H-pyrrole nitrogens is 1. The number of ether oxygens (including phenoxy) is 1. The second kappa shape index (κ2) is 3.43. The zero-order chi connectivity index (χ0) is 9.97. The van der Waals surface area contributed by atoms with Crippen molar-refractivity contribution >= 4 is 10.9 Å². The average Bonchev–Trinajstić information content (AvgIpc) is 2.67. The maximum absolute atomic E-state index is 6.90. The van der Waals surface area contributed by atoms with Gasteiger partial charge in [-0.15, -0.1) is 0 Å². The number of methoxy groups -OCH3 is 1. The molecule has 0 spiro atoms. The molecule has 0 radical (unpaired) electrons. The van der Waals surface area contributed by atoms with Crippen LogP contribution in [-0.2, 0) is 6.54 Å². The highest BCUT2D eigenvalue weighted by atomic mass is 16.5. The molecule has 70 valence electrons. The number of nitrogens with zero attached hydrogens (tertiary/aromatic N) is 1. The molecule has 0 aliphatic carbocycles. The van der Waals surface area contributed by atoms with Gasteiger partial charge in [0.2, 0.25) is 6.54 Å². The van der Waals surface area contributed by atoms with Gasteiger partial charge in [-0.2, -0.15) is 0 Å². The van der Waals surface area contributed by atoms with E-state index in [0.717, 1.165) is 22.2 Å². The highest BCUT2D eigenvalue weighted by molar-refractivity contribution is 5.85. The predicted octanol–water partition coefficient (Wildman–Crippen LogP) is 2.60. The van der Waals surface area contributed by atoms with E-state index in [4.69, 9.17) is 11.3 Å². The van der Waals surface area contributed by atoms with E-state index in [2.05, 4.69) is 9.83 Å². The second-order valence-electron chi connectivity index (χ2n) is 3.00. The molecule has 1 aromatic carbocycles. The van der Waals surface area contributed by atoms with E-state index in [0.29, 0.717) is 6.54 Å². The van der Waals surface area contributed by atoms with Gasteiger partial charge in [-0.05, 0) is 18.2 Å². The summed E-state index contributed by atoms with van der Waals surface area (Å²) in [6, 6.07) is 5.82. The van der Waals surface area contributed by atoms with Crippen molar-refractivity contribution in [3.8, 4) is 5.75 Å². The fraction of sp³-hybridized carbons (Fsp3) is 0.182. The highest BCUT2D eigenvalue weighted by Gasteiger charge is 2.10. The standard InChI is InChI=1S/C11H10N2O/c1-12-7-9-8-5-6-13-10(8)3-4-11(9)14-2/h3-6,13H,7H2,2H3. The van der Waals surface area contributed by atoms with Gasteiger partial charge in [0.25, 0.3) is 0 Å². The topological polar surface area (TPSA) is 29.4 Å². The van der Waals surface area contributed by atoms with Crippen molar-refractivity contribution in [1.82, 2.24) is 4.98 Å². The first kappa shape index (κ1) is 8.64. The number of benzene rings is 1. The fourth-order valence-corrected chi connectivity index (χ4v) is 1.61. The molecule has 0 aliphatic rings. The van der Waals surface area contributed by atoms with Crippen LogP contribution in [0, 0.1) is 6.57 Å². The molecule has 1 N–H and O–H groups in total. The Morgan fingerprint density at radius 2 is 2.29 bits per heavy atom. The molecule has 0 bridgehead atoms. The largest absolute Gasteiger partial charge is 0.496 e. The first-order valence-electron chi connectivity index (χ1n) is 4.33. The molecule has 14 heavy (non-hydrogen) atoms. The van der Waals surface area contributed by atoms with Crippen molar-refractivity contribution < 1.29 is 4.74 Å². The lowest BCUT2D eigenvalue weighted by Gasteiger charge is -2.04. The first-order chi connectivity index (χ1) is 6.86. The van der Waals surface area contributed by atoms with Crippen LogP contribution in [0.1, 0.15) is 5.56 Å². The van der Waals surface area contributed by atoms with Crippen molar-refractivity contribution in [2.75, 3.05) is 7.11 Å². The summed E-state index contributed by atoms with van der Waals surface area (Å²) in [4.78, 5) is 6.51. The van der Waals surface area contributed by atoms with Crippen LogP contribution in [0.25, 0.3) is 15.7 Å². The minimum atomic E-state index is 0.359. The van der Waals surface area contributed by atoms with Crippen molar-refractivity contribution in [3.05, 3.63) is 41.4 Å². The molecule has 1 aromatic heterocycles. The van der Waals surface area contributed by atoms with Crippen LogP contribution in [0.3, 0.4) is 0 Å². The van der Waals surface area contributed by atoms with Crippen LogP contribution in [0.4, 0.5) is 0 Å². The van der Waals surface area contributed by atoms with Crippen LogP contribution in [0.15, 0.2) is 24.4 Å². The fourth-order valence-electron chi connectivity index (χ4n) is 1.61. The lowest BCUT2D eigenvalue weighted by Crippen LogP contribution is -1.90. The van der Waals surface area contributed by atoms with Crippen LogP contribution < -0.4 is 4.74 Å². The Hall–Kier alpha value is -1.95. The van der Waals surface area contributed by atoms with E-state index in [1.165, 1.54) is 0 Å². The molecular weight excluding hydrogens is 176 g/mol. The summed E-state index contributed by atoms with van der Waals surface area (Å²) in [6.07, 6.45) is 1.87. The Morgan fingerprint density at radius 3 is 3.00 bits per heavy atom. The van der Waals surface area contributed by atoms with Gasteiger partial charge in [-0.1, -0.05) is 0 Å². The molecule has 0 fully saturated rings. The number of hydrogen-bond acceptors (Lipinski definition) is 1. The molecule has 0 saturated carbocycles. The Bertz CT molecular complexity index is 493. The van der Waals surface area contributed by atoms with Gasteiger partial charge in [0, 0.05) is 17.1 Å². The van der Waals surface area contributed by atoms with Crippen LogP contribution in [-0.4, -0.2) is 12.1 Å². The van der Waals surface area contributed by atoms with Crippen molar-refractivity contribution in [1.29, 1.82) is 0 Å². The third kappa shape index (κ3) is 1.21.